The monoisotopic (exact) mass is 307 g/mol. The van der Waals surface area contributed by atoms with Crippen LogP contribution in [-0.2, 0) is 10.0 Å². The molecule has 3 N–H and O–H groups in total. The van der Waals surface area contributed by atoms with Crippen LogP contribution in [0, 0.1) is 17.0 Å². The third-order valence-corrected chi connectivity index (χ3v) is 4.16. The number of nitrogens with zero attached hydrogens (tertiary/aromatic N) is 1. The Kier molecular flexibility index (Phi) is 3.81. The summed E-state index contributed by atoms with van der Waals surface area (Å²) in [4.78, 5) is 9.87. The number of rotatable bonds is 4. The normalized spacial score (nSPS) is 11.1. The molecule has 2 aromatic carbocycles. The van der Waals surface area contributed by atoms with Crippen LogP contribution in [0.4, 0.5) is 17.1 Å². The smallest absolute Gasteiger partial charge is 0.292 e. The summed E-state index contributed by atoms with van der Waals surface area (Å²) in [6, 6.07) is 10.1. The number of hydrogen-bond donors (Lipinski definition) is 2. The van der Waals surface area contributed by atoms with E-state index in [0.29, 0.717) is 5.69 Å². The Hall–Kier alpha value is -2.61. The van der Waals surface area contributed by atoms with Crippen LogP contribution in [0.25, 0.3) is 0 Å². The molecular weight excluding hydrogens is 294 g/mol. The zero-order valence-corrected chi connectivity index (χ0v) is 11.9. The van der Waals surface area contributed by atoms with Crippen LogP contribution in [-0.4, -0.2) is 13.3 Å². The van der Waals surface area contributed by atoms with Gasteiger partial charge in [-0.2, -0.15) is 0 Å². The van der Waals surface area contributed by atoms with E-state index in [4.69, 9.17) is 5.73 Å². The van der Waals surface area contributed by atoms with Crippen molar-refractivity contribution in [1.82, 2.24) is 0 Å². The molecule has 0 heterocycles. The predicted molar refractivity (Wildman–Crippen MR) is 79.5 cm³/mol. The van der Waals surface area contributed by atoms with Crippen molar-refractivity contribution in [2.24, 2.45) is 0 Å². The van der Waals surface area contributed by atoms with Crippen molar-refractivity contribution < 1.29 is 13.3 Å². The summed E-state index contributed by atoms with van der Waals surface area (Å²) in [6.45, 7) is 1.83. The first-order valence-corrected chi connectivity index (χ1v) is 7.41. The van der Waals surface area contributed by atoms with Gasteiger partial charge in [0.25, 0.3) is 15.7 Å². The van der Waals surface area contributed by atoms with Crippen molar-refractivity contribution in [1.29, 1.82) is 0 Å². The average Bonchev–Trinajstić information content (AvgIpc) is 2.37. The minimum Gasteiger partial charge on any atom is -0.393 e. The SMILES string of the molecule is Cc1cccc(NS(=O)(=O)c2ccc([N+](=O)[O-])c(N)c2)c1. The minimum atomic E-state index is -3.85. The summed E-state index contributed by atoms with van der Waals surface area (Å²) in [7, 11) is -3.85. The van der Waals surface area contributed by atoms with Crippen LogP contribution in [0.2, 0.25) is 0 Å². The molecular formula is C13H13N3O4S. The van der Waals surface area contributed by atoms with E-state index < -0.39 is 14.9 Å². The van der Waals surface area contributed by atoms with Crippen molar-refractivity contribution in [3.05, 3.63) is 58.1 Å². The van der Waals surface area contributed by atoms with Crippen LogP contribution < -0.4 is 10.5 Å². The van der Waals surface area contributed by atoms with Crippen molar-refractivity contribution >= 4 is 27.1 Å². The molecule has 0 bridgehead atoms. The number of hydrogen-bond acceptors (Lipinski definition) is 5. The molecule has 8 heteroatoms. The number of sulfonamides is 1. The van der Waals surface area contributed by atoms with Crippen LogP contribution in [0.1, 0.15) is 5.56 Å². The average molecular weight is 307 g/mol. The lowest BCUT2D eigenvalue weighted by molar-refractivity contribution is -0.383. The fourth-order valence-corrected chi connectivity index (χ4v) is 2.87. The minimum absolute atomic E-state index is 0.132. The Labute approximate surface area is 121 Å². The van der Waals surface area contributed by atoms with E-state index in [9.17, 15) is 18.5 Å². The maximum Gasteiger partial charge on any atom is 0.292 e. The van der Waals surface area contributed by atoms with E-state index in [-0.39, 0.29) is 16.3 Å². The highest BCUT2D eigenvalue weighted by molar-refractivity contribution is 7.92. The number of anilines is 2. The van der Waals surface area contributed by atoms with Gasteiger partial charge in [0.1, 0.15) is 5.69 Å². The number of nitrogens with one attached hydrogen (secondary N) is 1. The molecule has 0 aromatic heterocycles. The van der Waals surface area contributed by atoms with E-state index in [1.54, 1.807) is 18.2 Å². The number of nitro groups is 1. The first-order chi connectivity index (χ1) is 9.79. The van der Waals surface area contributed by atoms with Crippen LogP contribution in [0.3, 0.4) is 0 Å². The fourth-order valence-electron chi connectivity index (χ4n) is 1.79. The molecule has 0 unspecified atom stereocenters. The fraction of sp³-hybridized carbons (Fsp3) is 0.0769. The van der Waals surface area contributed by atoms with E-state index in [0.717, 1.165) is 23.8 Å². The van der Waals surface area contributed by atoms with Gasteiger partial charge in [0.2, 0.25) is 0 Å². The number of nitro benzene ring substituents is 1. The topological polar surface area (TPSA) is 115 Å². The molecule has 0 spiro atoms. The largest absolute Gasteiger partial charge is 0.393 e. The molecule has 7 nitrogen and oxygen atoms in total. The maximum absolute atomic E-state index is 12.2. The van der Waals surface area contributed by atoms with E-state index in [1.807, 2.05) is 13.0 Å². The summed E-state index contributed by atoms with van der Waals surface area (Å²) in [6.07, 6.45) is 0. The Balaban J connectivity index is 2.36. The van der Waals surface area contributed by atoms with Crippen molar-refractivity contribution in [2.75, 3.05) is 10.5 Å². The molecule has 0 amide bonds. The molecule has 0 saturated carbocycles. The Morgan fingerprint density at radius 2 is 1.90 bits per heavy atom. The maximum atomic E-state index is 12.2. The Morgan fingerprint density at radius 3 is 2.48 bits per heavy atom. The van der Waals surface area contributed by atoms with Gasteiger partial charge in [0, 0.05) is 11.8 Å². The molecule has 0 radical (unpaired) electrons. The van der Waals surface area contributed by atoms with Gasteiger partial charge >= 0.3 is 0 Å². The summed E-state index contributed by atoms with van der Waals surface area (Å²) >= 11 is 0. The quantitative estimate of drug-likeness (QED) is 0.511. The lowest BCUT2D eigenvalue weighted by atomic mass is 10.2. The number of nitrogen functional groups attached to an aromatic ring is 1. The molecule has 2 aromatic rings. The summed E-state index contributed by atoms with van der Waals surface area (Å²) < 4.78 is 26.8. The second kappa shape index (κ2) is 5.41. The van der Waals surface area contributed by atoms with Crippen LogP contribution in [0.15, 0.2) is 47.4 Å². The standard InChI is InChI=1S/C13H13N3O4S/c1-9-3-2-4-10(7-9)15-21(19,20)11-5-6-13(16(17)18)12(14)8-11/h2-8,15H,14H2,1H3. The third-order valence-electron chi connectivity index (χ3n) is 2.78. The molecule has 0 fully saturated rings. The zero-order chi connectivity index (χ0) is 15.6. The molecule has 21 heavy (non-hydrogen) atoms. The summed E-state index contributed by atoms with van der Waals surface area (Å²) in [5.74, 6) is 0. The van der Waals surface area contributed by atoms with Gasteiger partial charge < -0.3 is 5.73 Å². The molecule has 0 saturated heterocycles. The number of aryl methyl sites for hydroxylation is 1. The lowest BCUT2D eigenvalue weighted by Crippen LogP contribution is -2.13. The van der Waals surface area contributed by atoms with Gasteiger partial charge in [0.15, 0.2) is 0 Å². The van der Waals surface area contributed by atoms with Crippen LogP contribution >= 0.6 is 0 Å². The second-order valence-corrected chi connectivity index (χ2v) is 6.14. The highest BCUT2D eigenvalue weighted by atomic mass is 32.2. The van der Waals surface area contributed by atoms with Gasteiger partial charge in [-0.15, -0.1) is 0 Å². The van der Waals surface area contributed by atoms with Gasteiger partial charge in [-0.05, 0) is 36.8 Å². The molecule has 0 aliphatic carbocycles. The first-order valence-electron chi connectivity index (χ1n) is 5.93. The van der Waals surface area contributed by atoms with Gasteiger partial charge in [-0.1, -0.05) is 12.1 Å². The van der Waals surface area contributed by atoms with Gasteiger partial charge in [-0.3, -0.25) is 14.8 Å². The van der Waals surface area contributed by atoms with E-state index in [1.165, 1.54) is 0 Å². The Bertz CT molecular complexity index is 803. The van der Waals surface area contributed by atoms with E-state index >= 15 is 0 Å². The molecule has 0 atom stereocenters. The first kappa shape index (κ1) is 14.8. The molecule has 0 aliphatic heterocycles. The van der Waals surface area contributed by atoms with Gasteiger partial charge in [-0.25, -0.2) is 8.42 Å². The predicted octanol–water partition coefficient (Wildman–Crippen LogP) is 2.29. The zero-order valence-electron chi connectivity index (χ0n) is 11.1. The van der Waals surface area contributed by atoms with Gasteiger partial charge in [0.05, 0.1) is 9.82 Å². The third kappa shape index (κ3) is 3.29. The van der Waals surface area contributed by atoms with Crippen molar-refractivity contribution in [2.45, 2.75) is 11.8 Å². The Morgan fingerprint density at radius 1 is 1.19 bits per heavy atom. The highest BCUT2D eigenvalue weighted by Gasteiger charge is 2.19. The number of nitrogens with two attached hydrogens (primary N) is 1. The van der Waals surface area contributed by atoms with Crippen molar-refractivity contribution in [3.8, 4) is 0 Å². The second-order valence-electron chi connectivity index (χ2n) is 4.45. The summed E-state index contributed by atoms with van der Waals surface area (Å²) in [5.41, 5.74) is 6.28. The lowest BCUT2D eigenvalue weighted by Gasteiger charge is -2.09. The number of benzene rings is 2. The highest BCUT2D eigenvalue weighted by Crippen LogP contribution is 2.25. The summed E-state index contributed by atoms with van der Waals surface area (Å²) in [5, 5.41) is 10.7. The molecule has 110 valence electrons. The molecule has 2 rings (SSSR count). The molecule has 0 aliphatic rings. The van der Waals surface area contributed by atoms with Crippen molar-refractivity contribution in [3.63, 3.8) is 0 Å². The van der Waals surface area contributed by atoms with E-state index in [2.05, 4.69) is 4.72 Å². The van der Waals surface area contributed by atoms with Crippen LogP contribution in [0.5, 0.6) is 0 Å².